The zero-order valence-electron chi connectivity index (χ0n) is 11.6. The predicted molar refractivity (Wildman–Crippen MR) is 84.4 cm³/mol. The van der Waals surface area contributed by atoms with E-state index in [0.29, 0.717) is 27.7 Å². The number of methoxy groups -OCH3 is 1. The van der Waals surface area contributed by atoms with Crippen LogP contribution in [-0.2, 0) is 10.0 Å². The van der Waals surface area contributed by atoms with Gasteiger partial charge in [-0.2, -0.15) is 0 Å². The third-order valence-corrected chi connectivity index (χ3v) is 4.67. The molecule has 2 aromatic carbocycles. The average Bonchev–Trinajstić information content (AvgIpc) is 2.44. The van der Waals surface area contributed by atoms with E-state index in [-0.39, 0.29) is 4.90 Å². The smallest absolute Gasteiger partial charge is 0.261 e. The maximum absolute atomic E-state index is 12.3. The van der Waals surface area contributed by atoms with E-state index in [0.717, 1.165) is 0 Å². The Morgan fingerprint density at radius 1 is 1.19 bits per heavy atom. The molecule has 0 unspecified atom stereocenters. The molecule has 2 rings (SSSR count). The lowest BCUT2D eigenvalue weighted by atomic mass is 10.2. The van der Waals surface area contributed by atoms with Crippen molar-refractivity contribution in [2.45, 2.75) is 11.8 Å². The molecule has 0 fully saturated rings. The van der Waals surface area contributed by atoms with Crippen molar-refractivity contribution in [2.75, 3.05) is 17.6 Å². The number of benzene rings is 2. The lowest BCUT2D eigenvalue weighted by molar-refractivity contribution is 0.414. The normalized spacial score (nSPS) is 11.2. The Balaban J connectivity index is 2.34. The third kappa shape index (κ3) is 3.40. The van der Waals surface area contributed by atoms with Crippen molar-refractivity contribution in [3.63, 3.8) is 0 Å². The third-order valence-electron chi connectivity index (χ3n) is 2.96. The van der Waals surface area contributed by atoms with Crippen LogP contribution in [0.3, 0.4) is 0 Å². The highest BCUT2D eigenvalue weighted by Crippen LogP contribution is 2.28. The molecule has 0 radical (unpaired) electrons. The molecule has 7 heteroatoms. The Labute approximate surface area is 128 Å². The lowest BCUT2D eigenvalue weighted by Gasteiger charge is -2.12. The molecule has 0 aliphatic heterocycles. The molecular formula is C14H15ClN2O3S. The molecule has 2 aromatic rings. The van der Waals surface area contributed by atoms with E-state index in [1.165, 1.54) is 25.3 Å². The summed E-state index contributed by atoms with van der Waals surface area (Å²) >= 11 is 5.92. The van der Waals surface area contributed by atoms with Crippen LogP contribution in [-0.4, -0.2) is 15.5 Å². The summed E-state index contributed by atoms with van der Waals surface area (Å²) in [5, 5.41) is 0.299. The molecule has 0 saturated heterocycles. The molecule has 0 atom stereocenters. The summed E-state index contributed by atoms with van der Waals surface area (Å²) in [7, 11) is -2.18. The van der Waals surface area contributed by atoms with Crippen molar-refractivity contribution in [2.24, 2.45) is 0 Å². The molecule has 0 heterocycles. The first-order valence-corrected chi connectivity index (χ1v) is 7.92. The summed E-state index contributed by atoms with van der Waals surface area (Å²) in [6.07, 6.45) is 0. The monoisotopic (exact) mass is 326 g/mol. The number of nitrogen functional groups attached to an aromatic ring is 1. The van der Waals surface area contributed by atoms with Crippen LogP contribution in [0.25, 0.3) is 0 Å². The van der Waals surface area contributed by atoms with Gasteiger partial charge in [0, 0.05) is 0 Å². The van der Waals surface area contributed by atoms with Gasteiger partial charge in [-0.15, -0.1) is 0 Å². The van der Waals surface area contributed by atoms with Gasteiger partial charge in [-0.25, -0.2) is 8.42 Å². The number of hydrogen-bond acceptors (Lipinski definition) is 4. The summed E-state index contributed by atoms with van der Waals surface area (Å²) in [5.41, 5.74) is 7.16. The van der Waals surface area contributed by atoms with Crippen LogP contribution in [0.1, 0.15) is 5.56 Å². The van der Waals surface area contributed by atoms with Gasteiger partial charge < -0.3 is 10.5 Å². The van der Waals surface area contributed by atoms with Crippen molar-refractivity contribution in [3.8, 4) is 5.75 Å². The first-order valence-electron chi connectivity index (χ1n) is 6.06. The second kappa shape index (κ2) is 5.83. The Hall–Kier alpha value is -1.92. The fourth-order valence-corrected chi connectivity index (χ4v) is 3.06. The molecule has 0 spiro atoms. The van der Waals surface area contributed by atoms with Crippen LogP contribution in [0.2, 0.25) is 5.02 Å². The molecule has 0 aliphatic rings. The van der Waals surface area contributed by atoms with Gasteiger partial charge in [-0.3, -0.25) is 4.72 Å². The number of rotatable bonds is 4. The first-order chi connectivity index (χ1) is 9.83. The molecule has 0 bridgehead atoms. The quantitative estimate of drug-likeness (QED) is 0.846. The Kier molecular flexibility index (Phi) is 4.29. The molecular weight excluding hydrogens is 312 g/mol. The van der Waals surface area contributed by atoms with Crippen LogP contribution >= 0.6 is 11.6 Å². The zero-order valence-corrected chi connectivity index (χ0v) is 13.1. The van der Waals surface area contributed by atoms with Gasteiger partial charge in [-0.05, 0) is 48.9 Å². The second-order valence-electron chi connectivity index (χ2n) is 4.47. The average molecular weight is 327 g/mol. The molecule has 3 N–H and O–H groups in total. The van der Waals surface area contributed by atoms with E-state index in [9.17, 15) is 8.42 Å². The van der Waals surface area contributed by atoms with Crippen LogP contribution in [0.15, 0.2) is 41.3 Å². The highest BCUT2D eigenvalue weighted by molar-refractivity contribution is 7.92. The maximum Gasteiger partial charge on any atom is 0.261 e. The summed E-state index contributed by atoms with van der Waals surface area (Å²) in [6, 6.07) is 9.21. The number of nitrogens with one attached hydrogen (secondary N) is 1. The van der Waals surface area contributed by atoms with E-state index in [1.54, 1.807) is 25.1 Å². The zero-order chi connectivity index (χ0) is 15.6. The minimum Gasteiger partial charge on any atom is -0.497 e. The summed E-state index contributed by atoms with van der Waals surface area (Å²) in [6.45, 7) is 1.75. The lowest BCUT2D eigenvalue weighted by Crippen LogP contribution is -2.14. The van der Waals surface area contributed by atoms with E-state index in [2.05, 4.69) is 4.72 Å². The summed E-state index contributed by atoms with van der Waals surface area (Å²) < 4.78 is 32.1. The Bertz CT molecular complexity index is 759. The highest BCUT2D eigenvalue weighted by Gasteiger charge is 2.16. The van der Waals surface area contributed by atoms with Crippen molar-refractivity contribution >= 4 is 33.0 Å². The predicted octanol–water partition coefficient (Wildman–Crippen LogP) is 3.04. The maximum atomic E-state index is 12.3. The number of hydrogen-bond donors (Lipinski definition) is 2. The van der Waals surface area contributed by atoms with Crippen molar-refractivity contribution in [3.05, 3.63) is 47.0 Å². The largest absolute Gasteiger partial charge is 0.497 e. The molecule has 21 heavy (non-hydrogen) atoms. The second-order valence-corrected chi connectivity index (χ2v) is 6.56. The van der Waals surface area contributed by atoms with Gasteiger partial charge in [0.25, 0.3) is 10.0 Å². The SMILES string of the molecule is COc1ccc(S(=O)(=O)Nc2cc(Cl)c(N)cc2C)cc1. The fraction of sp³-hybridized carbons (Fsp3) is 0.143. The van der Waals surface area contributed by atoms with Crippen LogP contribution in [0.4, 0.5) is 11.4 Å². The van der Waals surface area contributed by atoms with Gasteiger partial charge in [-0.1, -0.05) is 11.6 Å². The van der Waals surface area contributed by atoms with Crippen molar-refractivity contribution < 1.29 is 13.2 Å². The number of sulfonamides is 1. The number of anilines is 2. The van der Waals surface area contributed by atoms with Crippen molar-refractivity contribution in [1.29, 1.82) is 0 Å². The van der Waals surface area contributed by atoms with Crippen LogP contribution in [0.5, 0.6) is 5.75 Å². The summed E-state index contributed by atoms with van der Waals surface area (Å²) in [4.78, 5) is 0.135. The Morgan fingerprint density at radius 2 is 1.81 bits per heavy atom. The molecule has 112 valence electrons. The standard InChI is InChI=1S/C14H15ClN2O3S/c1-9-7-13(16)12(15)8-14(9)17-21(18,19)11-5-3-10(20-2)4-6-11/h3-8,17H,16H2,1-2H3. The van der Waals surface area contributed by atoms with Crippen LogP contribution in [0, 0.1) is 6.92 Å². The highest BCUT2D eigenvalue weighted by atomic mass is 35.5. The van der Waals surface area contributed by atoms with Gasteiger partial charge in [0.05, 0.1) is 28.4 Å². The van der Waals surface area contributed by atoms with E-state index in [4.69, 9.17) is 22.1 Å². The van der Waals surface area contributed by atoms with E-state index < -0.39 is 10.0 Å². The van der Waals surface area contributed by atoms with E-state index in [1.807, 2.05) is 0 Å². The first kappa shape index (κ1) is 15.5. The minimum absolute atomic E-state index is 0.135. The molecule has 0 aliphatic carbocycles. The topological polar surface area (TPSA) is 81.4 Å². The summed E-state index contributed by atoms with van der Waals surface area (Å²) in [5.74, 6) is 0.584. The molecule has 0 amide bonds. The molecule has 0 saturated carbocycles. The van der Waals surface area contributed by atoms with Crippen molar-refractivity contribution in [1.82, 2.24) is 0 Å². The van der Waals surface area contributed by atoms with Crippen LogP contribution < -0.4 is 15.2 Å². The van der Waals surface area contributed by atoms with Gasteiger partial charge in [0.1, 0.15) is 5.75 Å². The number of ether oxygens (including phenoxy) is 1. The van der Waals surface area contributed by atoms with Gasteiger partial charge >= 0.3 is 0 Å². The van der Waals surface area contributed by atoms with Gasteiger partial charge in [0.15, 0.2) is 0 Å². The number of nitrogens with two attached hydrogens (primary N) is 1. The number of aryl methyl sites for hydroxylation is 1. The fourth-order valence-electron chi connectivity index (χ4n) is 1.77. The molecule has 5 nitrogen and oxygen atoms in total. The number of halogens is 1. The van der Waals surface area contributed by atoms with Gasteiger partial charge in [0.2, 0.25) is 0 Å². The Morgan fingerprint density at radius 3 is 2.38 bits per heavy atom. The minimum atomic E-state index is -3.70. The van der Waals surface area contributed by atoms with E-state index >= 15 is 0 Å². The molecule has 0 aromatic heterocycles.